The first kappa shape index (κ1) is 20.5. The molecule has 2 aliphatic rings. The van der Waals surface area contributed by atoms with E-state index in [4.69, 9.17) is 4.74 Å². The molecule has 0 unspecified atom stereocenters. The monoisotopic (exact) mass is 424 g/mol. The molecule has 0 radical (unpaired) electrons. The van der Waals surface area contributed by atoms with Crippen LogP contribution in [0.2, 0.25) is 0 Å². The standard InChI is InChI=1S/C24H24N2O3.ClH/c27-23-21(10-7-17-2-1-13-25-22(17)23)16-5-8-19(9-6-16)29-20-11-14-26(15-12-20)24(28)18-3-4-18;/h1-2,5-10,13,18,20,27H,3-4,11-12,14-15H2;1H. The van der Waals surface area contributed by atoms with Gasteiger partial charge >= 0.3 is 0 Å². The Morgan fingerprint density at radius 3 is 2.43 bits per heavy atom. The molecule has 1 aliphatic carbocycles. The molecule has 1 aliphatic heterocycles. The van der Waals surface area contributed by atoms with Crippen molar-refractivity contribution in [3.05, 3.63) is 54.7 Å². The number of phenolic OH excluding ortho intramolecular Hbond substituents is 1. The molecule has 3 aromatic rings. The van der Waals surface area contributed by atoms with Crippen LogP contribution in [0.5, 0.6) is 11.5 Å². The number of benzene rings is 2. The lowest BCUT2D eigenvalue weighted by Gasteiger charge is -2.32. The summed E-state index contributed by atoms with van der Waals surface area (Å²) in [7, 11) is 0. The van der Waals surface area contributed by atoms with Gasteiger partial charge in [-0.2, -0.15) is 0 Å². The highest BCUT2D eigenvalue weighted by Crippen LogP contribution is 2.36. The fourth-order valence-electron chi connectivity index (χ4n) is 4.05. The molecule has 6 heteroatoms. The number of rotatable bonds is 4. The Hall–Kier alpha value is -2.79. The number of carbonyl (C=O) groups is 1. The maximum Gasteiger partial charge on any atom is 0.225 e. The summed E-state index contributed by atoms with van der Waals surface area (Å²) in [5.41, 5.74) is 2.29. The van der Waals surface area contributed by atoms with Gasteiger partial charge in [-0.05, 0) is 42.7 Å². The molecule has 5 nitrogen and oxygen atoms in total. The first-order valence-electron chi connectivity index (χ1n) is 10.3. The van der Waals surface area contributed by atoms with Crippen LogP contribution in [0.25, 0.3) is 22.0 Å². The fourth-order valence-corrected chi connectivity index (χ4v) is 4.05. The third kappa shape index (κ3) is 4.08. The zero-order valence-electron chi connectivity index (χ0n) is 16.7. The zero-order valence-corrected chi connectivity index (χ0v) is 17.5. The maximum absolute atomic E-state index is 12.2. The number of hydrogen-bond donors (Lipinski definition) is 1. The normalized spacial score (nSPS) is 16.9. The van der Waals surface area contributed by atoms with Gasteiger partial charge in [0.15, 0.2) is 0 Å². The predicted molar refractivity (Wildman–Crippen MR) is 119 cm³/mol. The number of halogens is 1. The van der Waals surface area contributed by atoms with E-state index < -0.39 is 0 Å². The summed E-state index contributed by atoms with van der Waals surface area (Å²) in [4.78, 5) is 18.5. The largest absolute Gasteiger partial charge is 0.505 e. The lowest BCUT2D eigenvalue weighted by Crippen LogP contribution is -2.42. The van der Waals surface area contributed by atoms with E-state index in [1.165, 1.54) is 0 Å². The summed E-state index contributed by atoms with van der Waals surface area (Å²) in [6, 6.07) is 15.5. The Labute approximate surface area is 182 Å². The molecule has 30 heavy (non-hydrogen) atoms. The van der Waals surface area contributed by atoms with E-state index in [1.807, 2.05) is 53.4 Å². The number of likely N-dealkylation sites (tertiary alicyclic amines) is 1. The van der Waals surface area contributed by atoms with E-state index in [1.54, 1.807) is 6.20 Å². The molecule has 5 rings (SSSR count). The second kappa shape index (κ2) is 8.52. The minimum absolute atomic E-state index is 0. The van der Waals surface area contributed by atoms with Gasteiger partial charge in [-0.3, -0.25) is 9.78 Å². The van der Waals surface area contributed by atoms with Crippen LogP contribution in [0, 0.1) is 5.92 Å². The molecule has 156 valence electrons. The van der Waals surface area contributed by atoms with Crippen molar-refractivity contribution in [3.63, 3.8) is 0 Å². The molecule has 2 fully saturated rings. The lowest BCUT2D eigenvalue weighted by molar-refractivity contribution is -0.134. The molecule has 1 N–H and O–H groups in total. The molecule has 2 aromatic carbocycles. The van der Waals surface area contributed by atoms with Crippen molar-refractivity contribution in [2.75, 3.05) is 13.1 Å². The number of nitrogens with zero attached hydrogens (tertiary/aromatic N) is 2. The summed E-state index contributed by atoms with van der Waals surface area (Å²) in [6.45, 7) is 1.58. The van der Waals surface area contributed by atoms with Crippen LogP contribution in [0.15, 0.2) is 54.7 Å². The number of ether oxygens (including phenoxy) is 1. The molecule has 0 spiro atoms. The Morgan fingerprint density at radius 1 is 1.00 bits per heavy atom. The van der Waals surface area contributed by atoms with Gasteiger partial charge < -0.3 is 14.7 Å². The summed E-state index contributed by atoms with van der Waals surface area (Å²) in [5, 5.41) is 11.5. The molecule has 2 heterocycles. The van der Waals surface area contributed by atoms with Crippen molar-refractivity contribution in [1.29, 1.82) is 0 Å². The smallest absolute Gasteiger partial charge is 0.225 e. The van der Waals surface area contributed by atoms with E-state index in [9.17, 15) is 9.90 Å². The van der Waals surface area contributed by atoms with Gasteiger partial charge in [0.25, 0.3) is 0 Å². The van der Waals surface area contributed by atoms with Gasteiger partial charge in [0, 0.05) is 49.0 Å². The van der Waals surface area contributed by atoms with Crippen molar-refractivity contribution < 1.29 is 14.6 Å². The Morgan fingerprint density at radius 2 is 1.73 bits per heavy atom. The van der Waals surface area contributed by atoms with E-state index in [2.05, 4.69) is 4.98 Å². The van der Waals surface area contributed by atoms with Crippen molar-refractivity contribution in [3.8, 4) is 22.6 Å². The number of aromatic hydroxyl groups is 1. The molecule has 0 atom stereocenters. The Bertz CT molecular complexity index is 1040. The number of carbonyl (C=O) groups excluding carboxylic acids is 1. The van der Waals surface area contributed by atoms with E-state index >= 15 is 0 Å². The van der Waals surface area contributed by atoms with Crippen LogP contribution >= 0.6 is 12.4 Å². The van der Waals surface area contributed by atoms with Gasteiger partial charge in [0.05, 0.1) is 0 Å². The number of phenols is 1. The van der Waals surface area contributed by atoms with Crippen molar-refractivity contribution in [2.45, 2.75) is 31.8 Å². The quantitative estimate of drug-likeness (QED) is 0.652. The van der Waals surface area contributed by atoms with Gasteiger partial charge in [-0.15, -0.1) is 12.4 Å². The lowest BCUT2D eigenvalue weighted by atomic mass is 10.0. The summed E-state index contributed by atoms with van der Waals surface area (Å²) in [6.07, 6.45) is 5.69. The second-order valence-electron chi connectivity index (χ2n) is 7.98. The summed E-state index contributed by atoms with van der Waals surface area (Å²) < 4.78 is 6.14. The summed E-state index contributed by atoms with van der Waals surface area (Å²) >= 11 is 0. The van der Waals surface area contributed by atoms with Crippen LogP contribution in [0.3, 0.4) is 0 Å². The Kier molecular flexibility index (Phi) is 5.82. The van der Waals surface area contributed by atoms with Gasteiger partial charge in [-0.25, -0.2) is 0 Å². The van der Waals surface area contributed by atoms with Crippen molar-refractivity contribution in [2.24, 2.45) is 5.92 Å². The number of fused-ring (bicyclic) bond motifs is 1. The Balaban J connectivity index is 0.00000218. The van der Waals surface area contributed by atoms with Crippen molar-refractivity contribution in [1.82, 2.24) is 9.88 Å². The molecular formula is C24H25ClN2O3. The minimum Gasteiger partial charge on any atom is -0.505 e. The van der Waals surface area contributed by atoms with Gasteiger partial charge in [0.2, 0.25) is 5.91 Å². The number of pyridine rings is 1. The number of piperidine rings is 1. The fraction of sp³-hybridized carbons (Fsp3) is 0.333. The maximum atomic E-state index is 12.2. The topological polar surface area (TPSA) is 62.7 Å². The van der Waals surface area contributed by atoms with Crippen LogP contribution in [0.4, 0.5) is 0 Å². The molecule has 1 saturated heterocycles. The average Bonchev–Trinajstić information content (AvgIpc) is 3.61. The van der Waals surface area contributed by atoms with Crippen LogP contribution < -0.4 is 4.74 Å². The summed E-state index contributed by atoms with van der Waals surface area (Å²) in [5.74, 6) is 1.64. The second-order valence-corrected chi connectivity index (χ2v) is 7.98. The van der Waals surface area contributed by atoms with E-state index in [0.717, 1.165) is 61.0 Å². The van der Waals surface area contributed by atoms with Crippen molar-refractivity contribution >= 4 is 29.2 Å². The molecule has 0 bridgehead atoms. The van der Waals surface area contributed by atoms with E-state index in [-0.39, 0.29) is 24.3 Å². The van der Waals surface area contributed by atoms with E-state index in [0.29, 0.717) is 17.3 Å². The molecule has 1 amide bonds. The van der Waals surface area contributed by atoms with Crippen LogP contribution in [-0.4, -0.2) is 40.1 Å². The van der Waals surface area contributed by atoms with Crippen LogP contribution in [-0.2, 0) is 4.79 Å². The highest BCUT2D eigenvalue weighted by Gasteiger charge is 2.35. The SMILES string of the molecule is Cl.O=C(C1CC1)N1CCC(Oc2ccc(-c3ccc4cccnc4c3O)cc2)CC1. The number of aromatic nitrogens is 1. The highest BCUT2D eigenvalue weighted by molar-refractivity contribution is 5.91. The number of hydrogen-bond acceptors (Lipinski definition) is 4. The minimum atomic E-state index is 0. The van der Waals surface area contributed by atoms with Crippen LogP contribution in [0.1, 0.15) is 25.7 Å². The first-order chi connectivity index (χ1) is 14.2. The number of amides is 1. The predicted octanol–water partition coefficient (Wildman–Crippen LogP) is 4.81. The average molecular weight is 425 g/mol. The molecule has 1 aromatic heterocycles. The third-order valence-corrected chi connectivity index (χ3v) is 5.90. The van der Waals surface area contributed by atoms with Gasteiger partial charge in [0.1, 0.15) is 23.1 Å². The molecule has 1 saturated carbocycles. The third-order valence-electron chi connectivity index (χ3n) is 5.90. The first-order valence-corrected chi connectivity index (χ1v) is 10.3. The van der Waals surface area contributed by atoms with Gasteiger partial charge in [-0.1, -0.05) is 24.3 Å². The molecular weight excluding hydrogens is 400 g/mol. The highest BCUT2D eigenvalue weighted by atomic mass is 35.5. The zero-order chi connectivity index (χ0) is 19.8.